The summed E-state index contributed by atoms with van der Waals surface area (Å²) in [6.07, 6.45) is 0.847. The van der Waals surface area contributed by atoms with E-state index in [1.165, 1.54) is 11.8 Å². The summed E-state index contributed by atoms with van der Waals surface area (Å²) in [6, 6.07) is 25.1. The first kappa shape index (κ1) is 23.0. The molecule has 0 radical (unpaired) electrons. The molecule has 3 aromatic rings. The lowest BCUT2D eigenvalue weighted by Crippen LogP contribution is -2.46. The maximum absolute atomic E-state index is 13.2. The molecule has 178 valence electrons. The minimum absolute atomic E-state index is 0.111. The molecule has 1 N–H and O–H groups in total. The second kappa shape index (κ2) is 10.7. The minimum atomic E-state index is -0.534. The van der Waals surface area contributed by atoms with E-state index in [0.29, 0.717) is 29.8 Å². The number of amides is 2. The van der Waals surface area contributed by atoms with E-state index >= 15 is 0 Å². The first-order valence-electron chi connectivity index (χ1n) is 11.5. The predicted octanol–water partition coefficient (Wildman–Crippen LogP) is 4.30. The van der Waals surface area contributed by atoms with Gasteiger partial charge in [0.1, 0.15) is 0 Å². The van der Waals surface area contributed by atoms with Crippen LogP contribution in [0.4, 0.5) is 5.69 Å². The van der Waals surface area contributed by atoms with Gasteiger partial charge in [0.2, 0.25) is 18.6 Å². The number of nitrogens with one attached hydrogen (secondary N) is 1. The van der Waals surface area contributed by atoms with Gasteiger partial charge in [-0.3, -0.25) is 14.5 Å². The van der Waals surface area contributed by atoms with Gasteiger partial charge < -0.3 is 14.8 Å². The van der Waals surface area contributed by atoms with E-state index in [4.69, 9.17) is 14.5 Å². The average Bonchev–Trinajstić information content (AvgIpc) is 3.35. The van der Waals surface area contributed by atoms with E-state index in [9.17, 15) is 9.59 Å². The van der Waals surface area contributed by atoms with Gasteiger partial charge >= 0.3 is 0 Å². The summed E-state index contributed by atoms with van der Waals surface area (Å²) in [4.78, 5) is 32.5. The van der Waals surface area contributed by atoms with Gasteiger partial charge in [-0.05, 0) is 41.8 Å². The van der Waals surface area contributed by atoms with Crippen molar-refractivity contribution in [2.75, 3.05) is 13.3 Å². The number of ether oxygens (including phenoxy) is 2. The molecule has 1 atom stereocenters. The third-order valence-corrected chi connectivity index (χ3v) is 6.93. The highest BCUT2D eigenvalue weighted by Gasteiger charge is 2.36. The van der Waals surface area contributed by atoms with Crippen LogP contribution in [0.2, 0.25) is 0 Å². The fourth-order valence-corrected chi connectivity index (χ4v) is 5.04. The summed E-state index contributed by atoms with van der Waals surface area (Å²) in [5, 5.41) is 2.96. The molecular weight excluding hydrogens is 462 g/mol. The van der Waals surface area contributed by atoms with Gasteiger partial charge in [0.15, 0.2) is 16.7 Å². The molecule has 1 unspecified atom stereocenters. The lowest BCUT2D eigenvalue weighted by atomic mass is 10.1. The molecule has 0 aromatic heterocycles. The number of hydrogen-bond acceptors (Lipinski definition) is 6. The van der Waals surface area contributed by atoms with E-state index in [1.807, 2.05) is 78.9 Å². The van der Waals surface area contributed by atoms with Crippen molar-refractivity contribution in [1.29, 1.82) is 0 Å². The fraction of sp³-hybridized carbons (Fsp3) is 0.222. The molecule has 0 spiro atoms. The number of carbonyl (C=O) groups excluding carboxylic acids is 2. The standard InChI is InChI=1S/C27H25N3O4S/c31-25-16-24(26(32)28-14-13-19-7-3-1-4-8-19)35-27(29-21-9-5-2-6-10-21)30(25)17-20-11-12-22-23(15-20)34-18-33-22/h1-12,15,24H,13-14,16-18H2,(H,28,32). The third-order valence-electron chi connectivity index (χ3n) is 5.75. The Morgan fingerprint density at radius 3 is 2.51 bits per heavy atom. The van der Waals surface area contributed by atoms with Crippen LogP contribution < -0.4 is 14.8 Å². The Morgan fingerprint density at radius 1 is 0.971 bits per heavy atom. The number of benzene rings is 3. The zero-order valence-electron chi connectivity index (χ0n) is 19.1. The second-order valence-corrected chi connectivity index (χ2v) is 9.40. The summed E-state index contributed by atoms with van der Waals surface area (Å²) in [6.45, 7) is 1.04. The summed E-state index contributed by atoms with van der Waals surface area (Å²) >= 11 is 1.32. The number of hydrogen-bond donors (Lipinski definition) is 1. The van der Waals surface area contributed by atoms with E-state index in [2.05, 4.69) is 5.32 Å². The summed E-state index contributed by atoms with van der Waals surface area (Å²) < 4.78 is 10.9. The van der Waals surface area contributed by atoms with Crippen LogP contribution in [0.1, 0.15) is 17.5 Å². The Morgan fingerprint density at radius 2 is 1.71 bits per heavy atom. The number of nitrogens with zero attached hydrogens (tertiary/aromatic N) is 2. The second-order valence-electron chi connectivity index (χ2n) is 8.23. The fourth-order valence-electron chi connectivity index (χ4n) is 3.92. The molecule has 2 aliphatic rings. The molecule has 0 aliphatic carbocycles. The largest absolute Gasteiger partial charge is 0.454 e. The predicted molar refractivity (Wildman–Crippen MR) is 136 cm³/mol. The number of amidine groups is 1. The minimum Gasteiger partial charge on any atom is -0.454 e. The Labute approximate surface area is 208 Å². The molecule has 2 heterocycles. The molecule has 5 rings (SSSR count). The number of rotatable bonds is 7. The quantitative estimate of drug-likeness (QED) is 0.538. The molecule has 0 saturated carbocycles. The van der Waals surface area contributed by atoms with Crippen LogP contribution in [0.15, 0.2) is 83.9 Å². The van der Waals surface area contributed by atoms with Gasteiger partial charge in [0.05, 0.1) is 17.5 Å². The zero-order valence-corrected chi connectivity index (χ0v) is 19.9. The number of para-hydroxylation sites is 1. The Kier molecular flexibility index (Phi) is 6.99. The van der Waals surface area contributed by atoms with Crippen molar-refractivity contribution in [1.82, 2.24) is 10.2 Å². The molecule has 7 nitrogen and oxygen atoms in total. The van der Waals surface area contributed by atoms with Crippen molar-refractivity contribution in [3.8, 4) is 11.5 Å². The first-order chi connectivity index (χ1) is 17.2. The van der Waals surface area contributed by atoms with E-state index < -0.39 is 5.25 Å². The van der Waals surface area contributed by atoms with Crippen LogP contribution in [-0.2, 0) is 22.6 Å². The normalized spacial score (nSPS) is 18.1. The highest BCUT2D eigenvalue weighted by Crippen LogP contribution is 2.35. The monoisotopic (exact) mass is 487 g/mol. The number of aliphatic imine (C=N–C) groups is 1. The van der Waals surface area contributed by atoms with Crippen LogP contribution >= 0.6 is 11.8 Å². The van der Waals surface area contributed by atoms with Crippen molar-refractivity contribution in [2.24, 2.45) is 4.99 Å². The van der Waals surface area contributed by atoms with Gasteiger partial charge in [-0.1, -0.05) is 66.4 Å². The van der Waals surface area contributed by atoms with Crippen molar-refractivity contribution in [2.45, 2.75) is 24.6 Å². The van der Waals surface area contributed by atoms with E-state index in [1.54, 1.807) is 4.90 Å². The van der Waals surface area contributed by atoms with Crippen molar-refractivity contribution < 1.29 is 19.1 Å². The molecule has 2 amide bonds. The van der Waals surface area contributed by atoms with E-state index in [-0.39, 0.29) is 25.0 Å². The van der Waals surface area contributed by atoms with Gasteiger partial charge in [-0.15, -0.1) is 0 Å². The van der Waals surface area contributed by atoms with Crippen LogP contribution in [0.5, 0.6) is 11.5 Å². The summed E-state index contributed by atoms with van der Waals surface area (Å²) in [7, 11) is 0. The lowest BCUT2D eigenvalue weighted by Gasteiger charge is -2.32. The summed E-state index contributed by atoms with van der Waals surface area (Å²) in [5.41, 5.74) is 2.78. The topological polar surface area (TPSA) is 80.2 Å². The van der Waals surface area contributed by atoms with Gasteiger partial charge in [-0.2, -0.15) is 0 Å². The number of fused-ring (bicyclic) bond motifs is 1. The Balaban J connectivity index is 1.31. The van der Waals surface area contributed by atoms with Gasteiger partial charge in [-0.25, -0.2) is 4.99 Å². The van der Waals surface area contributed by atoms with Gasteiger partial charge in [0, 0.05) is 13.0 Å². The van der Waals surface area contributed by atoms with Crippen LogP contribution in [0.3, 0.4) is 0 Å². The molecule has 1 saturated heterocycles. The molecule has 0 bridgehead atoms. The molecule has 35 heavy (non-hydrogen) atoms. The lowest BCUT2D eigenvalue weighted by molar-refractivity contribution is -0.130. The Bertz CT molecular complexity index is 1230. The zero-order chi connectivity index (χ0) is 24.0. The highest BCUT2D eigenvalue weighted by molar-refractivity contribution is 8.15. The number of thioether (sulfide) groups is 1. The molecule has 1 fully saturated rings. The SMILES string of the molecule is O=C(NCCc1ccccc1)C1CC(=O)N(Cc2ccc3c(c2)OCO3)C(=Nc2ccccc2)S1. The first-order valence-corrected chi connectivity index (χ1v) is 12.3. The van der Waals surface area contributed by atoms with Gasteiger partial charge in [0.25, 0.3) is 0 Å². The van der Waals surface area contributed by atoms with Crippen molar-refractivity contribution >= 4 is 34.4 Å². The van der Waals surface area contributed by atoms with Crippen molar-refractivity contribution in [3.05, 3.63) is 90.0 Å². The Hall–Kier alpha value is -3.78. The highest BCUT2D eigenvalue weighted by atomic mass is 32.2. The molecular formula is C27H25N3O4S. The molecule has 3 aromatic carbocycles. The third kappa shape index (κ3) is 5.66. The maximum Gasteiger partial charge on any atom is 0.234 e. The van der Waals surface area contributed by atoms with Crippen molar-refractivity contribution in [3.63, 3.8) is 0 Å². The van der Waals surface area contributed by atoms with Crippen LogP contribution in [0, 0.1) is 0 Å². The van der Waals surface area contributed by atoms with E-state index in [0.717, 1.165) is 23.2 Å². The summed E-state index contributed by atoms with van der Waals surface area (Å²) in [5.74, 6) is 1.07. The number of carbonyl (C=O) groups is 2. The van der Waals surface area contributed by atoms with Crippen LogP contribution in [-0.4, -0.2) is 40.5 Å². The maximum atomic E-state index is 13.2. The average molecular weight is 488 g/mol. The van der Waals surface area contributed by atoms with Crippen LogP contribution in [0.25, 0.3) is 0 Å². The molecule has 8 heteroatoms. The smallest absolute Gasteiger partial charge is 0.234 e. The molecule has 2 aliphatic heterocycles.